The fourth-order valence-corrected chi connectivity index (χ4v) is 3.00. The van der Waals surface area contributed by atoms with Gasteiger partial charge in [0.25, 0.3) is 0 Å². The Morgan fingerprint density at radius 1 is 1.32 bits per heavy atom. The minimum Gasteiger partial charge on any atom is -0.611 e. The number of alkyl halides is 3. The third-order valence-electron chi connectivity index (χ3n) is 2.75. The monoisotopic (exact) mass is 336 g/mol. The first-order valence-electron chi connectivity index (χ1n) is 6.03. The van der Waals surface area contributed by atoms with Crippen molar-refractivity contribution in [3.05, 3.63) is 29.3 Å². The molecule has 10 heteroatoms. The number of rotatable bonds is 3. The molecular weight excluding hydrogens is 324 g/mol. The van der Waals surface area contributed by atoms with Crippen LogP contribution in [0.1, 0.15) is 11.4 Å². The lowest BCUT2D eigenvalue weighted by Crippen LogP contribution is -2.24. The molecule has 120 valence electrons. The number of nitrogens with two attached hydrogens (primary N) is 1. The van der Waals surface area contributed by atoms with Crippen LogP contribution in [0.15, 0.2) is 17.0 Å². The highest BCUT2D eigenvalue weighted by molar-refractivity contribution is 7.91. The molecule has 1 atom stereocenters. The van der Waals surface area contributed by atoms with Gasteiger partial charge in [-0.05, 0) is 31.1 Å². The summed E-state index contributed by atoms with van der Waals surface area (Å²) in [5.74, 6) is -2.10. The summed E-state index contributed by atoms with van der Waals surface area (Å²) in [5, 5.41) is 3.87. The van der Waals surface area contributed by atoms with Crippen molar-refractivity contribution in [1.29, 1.82) is 0 Å². The van der Waals surface area contributed by atoms with Crippen LogP contribution in [0.2, 0.25) is 0 Å². The van der Waals surface area contributed by atoms with Gasteiger partial charge >= 0.3 is 6.18 Å². The Hall–Kier alpha value is -1.81. The fraction of sp³-hybridized carbons (Fsp3) is 0.333. The average molecular weight is 336 g/mol. The Bertz CT molecular complexity index is 701. The lowest BCUT2D eigenvalue weighted by Gasteiger charge is -2.16. The van der Waals surface area contributed by atoms with E-state index in [9.17, 15) is 22.1 Å². The minimum absolute atomic E-state index is 0.118. The van der Waals surface area contributed by atoms with Gasteiger partial charge < -0.3 is 10.3 Å². The van der Waals surface area contributed by atoms with Gasteiger partial charge in [0.05, 0.1) is 0 Å². The van der Waals surface area contributed by atoms with Gasteiger partial charge in [-0.1, -0.05) is 0 Å². The number of nitrogen functional groups attached to an aromatic ring is 1. The molecule has 1 aromatic carbocycles. The molecule has 1 heterocycles. The Labute approximate surface area is 126 Å². The second-order valence-electron chi connectivity index (χ2n) is 4.60. The topological polar surface area (TPSA) is 79.8 Å². The minimum atomic E-state index is -4.59. The molecule has 0 aliphatic heterocycles. The summed E-state index contributed by atoms with van der Waals surface area (Å²) in [6.45, 7) is 2.91. The van der Waals surface area contributed by atoms with Crippen molar-refractivity contribution < 1.29 is 22.1 Å². The summed E-state index contributed by atoms with van der Waals surface area (Å²) in [5.41, 5.74) is 5.53. The van der Waals surface area contributed by atoms with Crippen molar-refractivity contribution in [1.82, 2.24) is 14.8 Å². The lowest BCUT2D eigenvalue weighted by atomic mass is 10.2. The normalized spacial score (nSPS) is 13.4. The number of hydrogen-bond acceptors (Lipinski definition) is 4. The van der Waals surface area contributed by atoms with Gasteiger partial charge in [-0.3, -0.25) is 0 Å². The smallest absolute Gasteiger partial charge is 0.433 e. The summed E-state index contributed by atoms with van der Waals surface area (Å²) in [7, 11) is 0. The first-order valence-corrected chi connectivity index (χ1v) is 7.35. The Kier molecular flexibility index (Phi) is 4.34. The highest BCUT2D eigenvalue weighted by Gasteiger charge is 2.36. The maximum Gasteiger partial charge on any atom is 0.433 e. The molecule has 0 aliphatic carbocycles. The molecule has 0 bridgehead atoms. The molecule has 2 N–H and O–H groups in total. The SMILES string of the molecule is Cc1nc(N)n(-c2cc([S+]([O-])CC(F)(F)F)c(C)cc2F)n1. The van der Waals surface area contributed by atoms with Crippen LogP contribution >= 0.6 is 0 Å². The van der Waals surface area contributed by atoms with Crippen LogP contribution in [0.4, 0.5) is 23.5 Å². The zero-order chi connectivity index (χ0) is 16.7. The molecule has 0 aliphatic rings. The Balaban J connectivity index is 2.50. The summed E-state index contributed by atoms with van der Waals surface area (Å²) in [6.07, 6.45) is -4.59. The van der Waals surface area contributed by atoms with E-state index in [0.717, 1.165) is 16.8 Å². The quantitative estimate of drug-likeness (QED) is 0.689. The van der Waals surface area contributed by atoms with Crippen molar-refractivity contribution in [2.75, 3.05) is 11.5 Å². The maximum absolute atomic E-state index is 14.0. The van der Waals surface area contributed by atoms with E-state index < -0.39 is 28.9 Å². The van der Waals surface area contributed by atoms with Crippen molar-refractivity contribution in [2.24, 2.45) is 0 Å². The van der Waals surface area contributed by atoms with Gasteiger partial charge in [0.1, 0.15) is 17.3 Å². The lowest BCUT2D eigenvalue weighted by molar-refractivity contribution is -0.106. The standard InChI is InChI=1S/C12H12F4N4OS/c1-6-3-8(13)9(20-11(17)18-7(2)19-20)4-10(6)22(21)5-12(14,15)16/h3-4H,5H2,1-2H3,(H2,17,18,19). The summed E-state index contributed by atoms with van der Waals surface area (Å²) in [6, 6.07) is 2.05. The van der Waals surface area contributed by atoms with E-state index in [0.29, 0.717) is 0 Å². The molecule has 2 aromatic rings. The molecule has 1 aromatic heterocycles. The van der Waals surface area contributed by atoms with E-state index in [1.165, 1.54) is 13.8 Å². The first kappa shape index (κ1) is 16.6. The molecule has 0 saturated heterocycles. The van der Waals surface area contributed by atoms with Crippen LogP contribution in [-0.2, 0) is 11.2 Å². The molecule has 2 rings (SSSR count). The molecule has 0 radical (unpaired) electrons. The van der Waals surface area contributed by atoms with E-state index in [-0.39, 0.29) is 27.9 Å². The van der Waals surface area contributed by atoms with E-state index in [1.807, 2.05) is 0 Å². The number of halogens is 4. The van der Waals surface area contributed by atoms with Gasteiger partial charge in [-0.2, -0.15) is 22.8 Å². The first-order chi connectivity index (χ1) is 10.1. The molecule has 22 heavy (non-hydrogen) atoms. The second-order valence-corrected chi connectivity index (χ2v) is 6.02. The van der Waals surface area contributed by atoms with Gasteiger partial charge in [0.15, 0.2) is 4.90 Å². The average Bonchev–Trinajstić information content (AvgIpc) is 2.66. The summed E-state index contributed by atoms with van der Waals surface area (Å²) >= 11 is -2.35. The molecule has 0 amide bonds. The van der Waals surface area contributed by atoms with E-state index >= 15 is 0 Å². The van der Waals surface area contributed by atoms with Crippen LogP contribution in [0.5, 0.6) is 0 Å². The molecule has 1 unspecified atom stereocenters. The summed E-state index contributed by atoms with van der Waals surface area (Å²) in [4.78, 5) is 3.67. The van der Waals surface area contributed by atoms with Crippen molar-refractivity contribution in [3.63, 3.8) is 0 Å². The zero-order valence-electron chi connectivity index (χ0n) is 11.6. The molecule has 5 nitrogen and oxygen atoms in total. The van der Waals surface area contributed by atoms with E-state index in [2.05, 4.69) is 10.1 Å². The van der Waals surface area contributed by atoms with E-state index in [4.69, 9.17) is 5.73 Å². The predicted octanol–water partition coefficient (Wildman–Crippen LogP) is 2.28. The number of nitrogens with zero attached hydrogens (tertiary/aromatic N) is 3. The Morgan fingerprint density at radius 2 is 1.95 bits per heavy atom. The van der Waals surface area contributed by atoms with Crippen LogP contribution < -0.4 is 5.73 Å². The molecule has 0 saturated carbocycles. The number of anilines is 1. The largest absolute Gasteiger partial charge is 0.611 e. The van der Waals surface area contributed by atoms with Crippen LogP contribution in [0.3, 0.4) is 0 Å². The van der Waals surface area contributed by atoms with Crippen molar-refractivity contribution in [2.45, 2.75) is 24.9 Å². The zero-order valence-corrected chi connectivity index (χ0v) is 12.4. The maximum atomic E-state index is 14.0. The van der Waals surface area contributed by atoms with Gasteiger partial charge in [-0.15, -0.1) is 5.10 Å². The number of aryl methyl sites for hydroxylation is 2. The molecule has 0 fully saturated rings. The van der Waals surface area contributed by atoms with Crippen LogP contribution in [-0.4, -0.2) is 31.2 Å². The fourth-order valence-electron chi connectivity index (χ4n) is 1.88. The highest BCUT2D eigenvalue weighted by atomic mass is 32.2. The van der Waals surface area contributed by atoms with Crippen LogP contribution in [0, 0.1) is 19.7 Å². The second kappa shape index (κ2) is 5.76. The van der Waals surface area contributed by atoms with Crippen molar-refractivity contribution >= 4 is 17.1 Å². The van der Waals surface area contributed by atoms with Gasteiger partial charge in [-0.25, -0.2) is 4.39 Å². The number of benzene rings is 1. The Morgan fingerprint density at radius 3 is 2.45 bits per heavy atom. The predicted molar refractivity (Wildman–Crippen MR) is 72.5 cm³/mol. The number of aromatic nitrogens is 3. The third-order valence-corrected chi connectivity index (χ3v) is 4.27. The molecule has 0 spiro atoms. The van der Waals surface area contributed by atoms with Crippen LogP contribution in [0.25, 0.3) is 5.69 Å². The van der Waals surface area contributed by atoms with Gasteiger partial charge in [0.2, 0.25) is 11.7 Å². The third kappa shape index (κ3) is 3.50. The number of hydrogen-bond donors (Lipinski definition) is 1. The summed E-state index contributed by atoms with van der Waals surface area (Å²) < 4.78 is 64.0. The van der Waals surface area contributed by atoms with Crippen molar-refractivity contribution in [3.8, 4) is 5.69 Å². The highest BCUT2D eigenvalue weighted by Crippen LogP contribution is 2.28. The van der Waals surface area contributed by atoms with E-state index in [1.54, 1.807) is 0 Å². The molecular formula is C12H12F4N4OS. The van der Waals surface area contributed by atoms with Gasteiger partial charge in [0, 0.05) is 11.6 Å².